The molecule has 2 atom stereocenters. The van der Waals surface area contributed by atoms with Gasteiger partial charge in [0.15, 0.2) is 5.82 Å². The number of nitrogens with zero attached hydrogens (tertiary/aromatic N) is 6. The fourth-order valence-electron chi connectivity index (χ4n) is 6.04. The number of anilines is 2. The molecule has 0 radical (unpaired) electrons. The van der Waals surface area contributed by atoms with Crippen LogP contribution in [0.3, 0.4) is 0 Å². The minimum atomic E-state index is 0.204. The highest BCUT2D eigenvalue weighted by molar-refractivity contribution is 5.78. The number of rotatable bonds is 3. The molecule has 6 rings (SSSR count). The quantitative estimate of drug-likeness (QED) is 0.620. The Labute approximate surface area is 200 Å². The zero-order chi connectivity index (χ0) is 23.2. The smallest absolute Gasteiger partial charge is 0.175 e. The molecule has 3 aliphatic heterocycles. The van der Waals surface area contributed by atoms with E-state index in [-0.39, 0.29) is 5.75 Å². The number of benzene rings is 1. The molecule has 3 aliphatic rings. The Morgan fingerprint density at radius 2 is 1.79 bits per heavy atom. The molecule has 8 heteroatoms. The van der Waals surface area contributed by atoms with Crippen molar-refractivity contribution in [3.05, 3.63) is 36.7 Å². The van der Waals surface area contributed by atoms with E-state index in [4.69, 9.17) is 5.10 Å². The average Bonchev–Trinajstić information content (AvgIpc) is 3.20. The van der Waals surface area contributed by atoms with Gasteiger partial charge in [-0.25, -0.2) is 0 Å². The fraction of sp³-hybridized carbons (Fsp3) is 0.500. The molecule has 0 spiro atoms. The number of aryl methyl sites for hydroxylation is 1. The minimum Gasteiger partial charge on any atom is -0.507 e. The molecule has 5 heterocycles. The first-order chi connectivity index (χ1) is 16.5. The van der Waals surface area contributed by atoms with Crippen molar-refractivity contribution in [1.29, 1.82) is 0 Å². The maximum atomic E-state index is 10.9. The van der Waals surface area contributed by atoms with Crippen molar-refractivity contribution in [2.45, 2.75) is 56.7 Å². The second-order valence-electron chi connectivity index (χ2n) is 10.2. The number of hydrogen-bond donors (Lipinski definition) is 2. The summed E-state index contributed by atoms with van der Waals surface area (Å²) < 4.78 is 1.76. The van der Waals surface area contributed by atoms with Crippen LogP contribution >= 0.6 is 0 Å². The van der Waals surface area contributed by atoms with Gasteiger partial charge in [-0.15, -0.1) is 10.2 Å². The molecule has 2 aromatic heterocycles. The van der Waals surface area contributed by atoms with Crippen LogP contribution in [0.25, 0.3) is 22.4 Å². The van der Waals surface area contributed by atoms with Gasteiger partial charge in [-0.05, 0) is 55.9 Å². The third-order valence-electron chi connectivity index (χ3n) is 7.77. The van der Waals surface area contributed by atoms with Gasteiger partial charge in [0.2, 0.25) is 0 Å². The Morgan fingerprint density at radius 1 is 0.971 bits per heavy atom. The molecule has 3 aromatic rings. The standard InChI is InChI=1S/C26H33N7O/c1-31-9-4-10-33(21-12-19-5-3-6-20(13-21)28-19)26-24(31)14-23(29-30-26)22-8-7-17(11-25(22)34)18-15-27-32(2)16-18/h7-8,11,14-16,19-21,28,34H,3-6,9-10,12-13H2,1-2H3. The van der Waals surface area contributed by atoms with Gasteiger partial charge in [0.25, 0.3) is 0 Å². The van der Waals surface area contributed by atoms with Crippen molar-refractivity contribution in [3.63, 3.8) is 0 Å². The van der Waals surface area contributed by atoms with E-state index in [1.165, 1.54) is 32.1 Å². The van der Waals surface area contributed by atoms with Gasteiger partial charge >= 0.3 is 0 Å². The fourth-order valence-corrected chi connectivity index (χ4v) is 6.04. The third kappa shape index (κ3) is 3.90. The van der Waals surface area contributed by atoms with E-state index in [0.29, 0.717) is 29.4 Å². The molecule has 2 saturated heterocycles. The van der Waals surface area contributed by atoms with Gasteiger partial charge in [0.05, 0.1) is 17.6 Å². The molecule has 2 bridgehead atoms. The largest absolute Gasteiger partial charge is 0.507 e. The van der Waals surface area contributed by atoms with Crippen molar-refractivity contribution in [1.82, 2.24) is 25.3 Å². The van der Waals surface area contributed by atoms with E-state index >= 15 is 0 Å². The van der Waals surface area contributed by atoms with Crippen molar-refractivity contribution in [2.75, 3.05) is 29.9 Å². The predicted molar refractivity (Wildman–Crippen MR) is 134 cm³/mol. The summed E-state index contributed by atoms with van der Waals surface area (Å²) in [5, 5.41) is 28.3. The molecule has 8 nitrogen and oxygen atoms in total. The third-order valence-corrected chi connectivity index (χ3v) is 7.77. The van der Waals surface area contributed by atoms with Crippen LogP contribution in [-0.2, 0) is 7.05 Å². The van der Waals surface area contributed by atoms with Gasteiger partial charge in [0, 0.05) is 62.6 Å². The van der Waals surface area contributed by atoms with Crippen LogP contribution in [-0.4, -0.2) is 63.3 Å². The molecule has 2 N–H and O–H groups in total. The lowest BCUT2D eigenvalue weighted by molar-refractivity contribution is 0.216. The number of aromatic nitrogens is 4. The van der Waals surface area contributed by atoms with Crippen LogP contribution in [0.5, 0.6) is 5.75 Å². The van der Waals surface area contributed by atoms with Crippen molar-refractivity contribution >= 4 is 11.5 Å². The van der Waals surface area contributed by atoms with E-state index in [1.54, 1.807) is 16.9 Å². The minimum absolute atomic E-state index is 0.204. The molecule has 2 fully saturated rings. The topological polar surface area (TPSA) is 82.3 Å². The summed E-state index contributed by atoms with van der Waals surface area (Å²) in [6, 6.07) is 9.58. The summed E-state index contributed by atoms with van der Waals surface area (Å²) >= 11 is 0. The second-order valence-corrected chi connectivity index (χ2v) is 10.2. The molecular formula is C26H33N7O. The number of aromatic hydroxyl groups is 1. The number of nitrogens with one attached hydrogen (secondary N) is 1. The summed E-state index contributed by atoms with van der Waals surface area (Å²) in [7, 11) is 4.02. The van der Waals surface area contributed by atoms with Crippen molar-refractivity contribution in [3.8, 4) is 28.1 Å². The summed E-state index contributed by atoms with van der Waals surface area (Å²) in [4.78, 5) is 4.81. The summed E-state index contributed by atoms with van der Waals surface area (Å²) in [6.07, 6.45) is 11.1. The Morgan fingerprint density at radius 3 is 2.53 bits per heavy atom. The van der Waals surface area contributed by atoms with Gasteiger partial charge in [-0.1, -0.05) is 12.5 Å². The van der Waals surface area contributed by atoms with Crippen LogP contribution in [0.4, 0.5) is 11.5 Å². The molecule has 2 unspecified atom stereocenters. The Bertz CT molecular complexity index is 1180. The summed E-state index contributed by atoms with van der Waals surface area (Å²) in [5.41, 5.74) is 4.40. The Balaban J connectivity index is 1.33. The SMILES string of the molecule is CN1CCCN(C2CC3CCCC(C2)N3)c2nnc(-c3ccc(-c4cnn(C)c4)cc3O)cc21. The van der Waals surface area contributed by atoms with E-state index < -0.39 is 0 Å². The number of fused-ring (bicyclic) bond motifs is 3. The molecule has 34 heavy (non-hydrogen) atoms. The molecular weight excluding hydrogens is 426 g/mol. The highest BCUT2D eigenvalue weighted by Gasteiger charge is 2.36. The zero-order valence-electron chi connectivity index (χ0n) is 20.0. The maximum Gasteiger partial charge on any atom is 0.175 e. The van der Waals surface area contributed by atoms with E-state index in [2.05, 4.69) is 38.4 Å². The normalized spacial score (nSPS) is 24.6. The van der Waals surface area contributed by atoms with Crippen LogP contribution in [0.2, 0.25) is 0 Å². The Kier molecular flexibility index (Phi) is 5.40. The molecule has 1 aromatic carbocycles. The van der Waals surface area contributed by atoms with Crippen LogP contribution < -0.4 is 15.1 Å². The number of phenolic OH excluding ortho intramolecular Hbond substituents is 1. The van der Waals surface area contributed by atoms with E-state index in [9.17, 15) is 5.11 Å². The summed E-state index contributed by atoms with van der Waals surface area (Å²) in [6.45, 7) is 2.00. The van der Waals surface area contributed by atoms with Gasteiger partial charge in [-0.2, -0.15) is 5.10 Å². The first-order valence-corrected chi connectivity index (χ1v) is 12.5. The van der Waals surface area contributed by atoms with Crippen LogP contribution in [0, 0.1) is 0 Å². The van der Waals surface area contributed by atoms with Crippen LogP contribution in [0.1, 0.15) is 38.5 Å². The highest BCUT2D eigenvalue weighted by atomic mass is 16.3. The van der Waals surface area contributed by atoms with E-state index in [1.807, 2.05) is 25.4 Å². The maximum absolute atomic E-state index is 10.9. The lowest BCUT2D eigenvalue weighted by atomic mass is 9.83. The first kappa shape index (κ1) is 21.4. The van der Waals surface area contributed by atoms with E-state index in [0.717, 1.165) is 42.1 Å². The van der Waals surface area contributed by atoms with Crippen molar-refractivity contribution in [2.24, 2.45) is 7.05 Å². The molecule has 178 valence electrons. The van der Waals surface area contributed by atoms with Gasteiger partial charge in [-0.3, -0.25) is 4.68 Å². The lowest BCUT2D eigenvalue weighted by Gasteiger charge is -2.44. The molecule has 0 saturated carbocycles. The predicted octanol–water partition coefficient (Wildman–Crippen LogP) is 3.57. The Hall–Kier alpha value is -3.13. The van der Waals surface area contributed by atoms with Crippen molar-refractivity contribution < 1.29 is 5.11 Å². The lowest BCUT2D eigenvalue weighted by Crippen LogP contribution is -2.55. The van der Waals surface area contributed by atoms with Gasteiger partial charge in [0.1, 0.15) is 5.75 Å². The average molecular weight is 460 g/mol. The number of hydrogen-bond acceptors (Lipinski definition) is 7. The summed E-state index contributed by atoms with van der Waals surface area (Å²) in [5.74, 6) is 1.19. The van der Waals surface area contributed by atoms with Crippen LogP contribution in [0.15, 0.2) is 36.7 Å². The highest BCUT2D eigenvalue weighted by Crippen LogP contribution is 2.39. The zero-order valence-corrected chi connectivity index (χ0v) is 20.0. The monoisotopic (exact) mass is 459 g/mol. The molecule has 0 amide bonds. The molecule has 0 aliphatic carbocycles. The number of piperidine rings is 2. The second kappa shape index (κ2) is 8.58. The first-order valence-electron chi connectivity index (χ1n) is 12.5. The number of phenols is 1. The van der Waals surface area contributed by atoms with Gasteiger partial charge < -0.3 is 20.2 Å².